The number of nitrogens with one attached hydrogen (secondary N) is 1. The summed E-state index contributed by atoms with van der Waals surface area (Å²) < 4.78 is 0. The van der Waals surface area contributed by atoms with Crippen LogP contribution in [0.15, 0.2) is 30.3 Å². The lowest BCUT2D eigenvalue weighted by Crippen LogP contribution is -2.49. The predicted octanol–water partition coefficient (Wildman–Crippen LogP) is 2.16. The second kappa shape index (κ2) is 6.18. The minimum atomic E-state index is 0.797. The molecular weight excluding hydrogens is 208 g/mol. The van der Waals surface area contributed by atoms with Gasteiger partial charge < -0.3 is 10.2 Å². The molecule has 2 unspecified atom stereocenters. The molecule has 0 spiro atoms. The summed E-state index contributed by atoms with van der Waals surface area (Å²) in [5, 5.41) is 3.30. The van der Waals surface area contributed by atoms with Crippen molar-refractivity contribution in [2.75, 3.05) is 27.2 Å². The summed E-state index contributed by atoms with van der Waals surface area (Å²) in [5.74, 6) is 0.862. The van der Waals surface area contributed by atoms with Gasteiger partial charge in [0.2, 0.25) is 0 Å². The lowest BCUT2D eigenvalue weighted by Gasteiger charge is -2.43. The van der Waals surface area contributed by atoms with Gasteiger partial charge >= 0.3 is 0 Å². The molecule has 0 heterocycles. The number of nitrogens with zero attached hydrogens (tertiary/aromatic N) is 1. The first kappa shape index (κ1) is 12.6. The molecule has 1 aliphatic rings. The summed E-state index contributed by atoms with van der Waals surface area (Å²) in [7, 11) is 4.33. The van der Waals surface area contributed by atoms with Crippen LogP contribution in [0.2, 0.25) is 0 Å². The highest BCUT2D eigenvalue weighted by Gasteiger charge is 2.32. The van der Waals surface area contributed by atoms with Gasteiger partial charge in [-0.2, -0.15) is 0 Å². The second-order valence-electron chi connectivity index (χ2n) is 5.18. The summed E-state index contributed by atoms with van der Waals surface area (Å²) in [6.07, 6.45) is 3.93. The first-order valence-corrected chi connectivity index (χ1v) is 6.70. The fourth-order valence-corrected chi connectivity index (χ4v) is 2.75. The SMILES string of the molecule is CNCC1CCC1N(C)CCc1ccccc1. The van der Waals surface area contributed by atoms with Gasteiger partial charge in [-0.3, -0.25) is 0 Å². The molecule has 1 N–H and O–H groups in total. The van der Waals surface area contributed by atoms with Crippen molar-refractivity contribution in [3.05, 3.63) is 35.9 Å². The summed E-state index contributed by atoms with van der Waals surface area (Å²) in [4.78, 5) is 2.54. The highest BCUT2D eigenvalue weighted by Crippen LogP contribution is 2.30. The molecule has 2 nitrogen and oxygen atoms in total. The number of likely N-dealkylation sites (N-methyl/N-ethyl adjacent to an activating group) is 1. The van der Waals surface area contributed by atoms with E-state index in [0.717, 1.165) is 12.0 Å². The molecule has 94 valence electrons. The third-order valence-electron chi connectivity index (χ3n) is 4.01. The van der Waals surface area contributed by atoms with Crippen molar-refractivity contribution in [3.63, 3.8) is 0 Å². The Balaban J connectivity index is 1.76. The van der Waals surface area contributed by atoms with E-state index in [1.165, 1.54) is 37.9 Å². The Morgan fingerprint density at radius 2 is 2.00 bits per heavy atom. The van der Waals surface area contributed by atoms with Crippen LogP contribution in [-0.2, 0) is 6.42 Å². The van der Waals surface area contributed by atoms with E-state index in [1.807, 2.05) is 0 Å². The third-order valence-corrected chi connectivity index (χ3v) is 4.01. The van der Waals surface area contributed by atoms with Crippen molar-refractivity contribution in [2.24, 2.45) is 5.92 Å². The van der Waals surface area contributed by atoms with E-state index in [9.17, 15) is 0 Å². The van der Waals surface area contributed by atoms with Gasteiger partial charge in [0.25, 0.3) is 0 Å². The maximum atomic E-state index is 3.30. The average molecular weight is 232 g/mol. The van der Waals surface area contributed by atoms with E-state index in [0.29, 0.717) is 0 Å². The number of hydrogen-bond donors (Lipinski definition) is 1. The molecule has 2 atom stereocenters. The summed E-state index contributed by atoms with van der Waals surface area (Å²) in [6.45, 7) is 2.34. The quantitative estimate of drug-likeness (QED) is 0.808. The van der Waals surface area contributed by atoms with Gasteiger partial charge in [0.1, 0.15) is 0 Å². The van der Waals surface area contributed by atoms with E-state index >= 15 is 0 Å². The normalized spacial score (nSPS) is 23.7. The Bertz CT molecular complexity index is 323. The Morgan fingerprint density at radius 3 is 2.59 bits per heavy atom. The van der Waals surface area contributed by atoms with Crippen LogP contribution in [0.3, 0.4) is 0 Å². The molecule has 1 fully saturated rings. The van der Waals surface area contributed by atoms with E-state index < -0.39 is 0 Å². The number of hydrogen-bond acceptors (Lipinski definition) is 2. The summed E-state index contributed by atoms with van der Waals surface area (Å²) in [6, 6.07) is 11.6. The molecule has 1 aromatic carbocycles. The van der Waals surface area contributed by atoms with Crippen LogP contribution in [-0.4, -0.2) is 38.1 Å². The molecule has 1 aliphatic carbocycles. The van der Waals surface area contributed by atoms with Gasteiger partial charge in [-0.05, 0) is 51.4 Å². The first-order valence-electron chi connectivity index (χ1n) is 6.70. The topological polar surface area (TPSA) is 15.3 Å². The fraction of sp³-hybridized carbons (Fsp3) is 0.600. The molecule has 2 rings (SSSR count). The molecule has 2 heteroatoms. The lowest BCUT2D eigenvalue weighted by atomic mass is 9.78. The third kappa shape index (κ3) is 3.30. The zero-order valence-electron chi connectivity index (χ0n) is 11.0. The van der Waals surface area contributed by atoms with Gasteiger partial charge in [0, 0.05) is 12.6 Å². The molecule has 0 aromatic heterocycles. The summed E-state index contributed by atoms with van der Waals surface area (Å²) in [5.41, 5.74) is 1.45. The van der Waals surface area contributed by atoms with E-state index in [4.69, 9.17) is 0 Å². The lowest BCUT2D eigenvalue weighted by molar-refractivity contribution is 0.0861. The minimum absolute atomic E-state index is 0.797. The van der Waals surface area contributed by atoms with Gasteiger partial charge in [-0.15, -0.1) is 0 Å². The Labute approximate surface area is 105 Å². The molecule has 0 amide bonds. The van der Waals surface area contributed by atoms with Crippen molar-refractivity contribution in [1.82, 2.24) is 10.2 Å². The Hall–Kier alpha value is -0.860. The zero-order valence-corrected chi connectivity index (χ0v) is 11.0. The van der Waals surface area contributed by atoms with Crippen LogP contribution in [0, 0.1) is 5.92 Å². The van der Waals surface area contributed by atoms with E-state index in [1.54, 1.807) is 0 Å². The van der Waals surface area contributed by atoms with Gasteiger partial charge in [0.05, 0.1) is 0 Å². The van der Waals surface area contributed by atoms with Crippen LogP contribution in [0.25, 0.3) is 0 Å². The fourth-order valence-electron chi connectivity index (χ4n) is 2.75. The minimum Gasteiger partial charge on any atom is -0.319 e. The molecule has 0 radical (unpaired) electrons. The highest BCUT2D eigenvalue weighted by molar-refractivity contribution is 5.14. The van der Waals surface area contributed by atoms with Crippen LogP contribution >= 0.6 is 0 Å². The van der Waals surface area contributed by atoms with Crippen LogP contribution < -0.4 is 5.32 Å². The molecule has 0 bridgehead atoms. The molecule has 17 heavy (non-hydrogen) atoms. The predicted molar refractivity (Wildman–Crippen MR) is 73.2 cm³/mol. The van der Waals surface area contributed by atoms with Crippen molar-refractivity contribution >= 4 is 0 Å². The molecule has 0 saturated heterocycles. The highest BCUT2D eigenvalue weighted by atomic mass is 15.1. The van der Waals surface area contributed by atoms with Crippen LogP contribution in [0.5, 0.6) is 0 Å². The molecule has 0 aliphatic heterocycles. The largest absolute Gasteiger partial charge is 0.319 e. The molecule has 1 saturated carbocycles. The van der Waals surface area contributed by atoms with Crippen molar-refractivity contribution < 1.29 is 0 Å². The number of rotatable bonds is 6. The zero-order chi connectivity index (χ0) is 12.1. The van der Waals surface area contributed by atoms with Crippen molar-refractivity contribution in [1.29, 1.82) is 0 Å². The second-order valence-corrected chi connectivity index (χ2v) is 5.18. The van der Waals surface area contributed by atoms with Gasteiger partial charge in [0.15, 0.2) is 0 Å². The Morgan fingerprint density at radius 1 is 1.24 bits per heavy atom. The number of benzene rings is 1. The molecular formula is C15H24N2. The van der Waals surface area contributed by atoms with Gasteiger partial charge in [-0.25, -0.2) is 0 Å². The van der Waals surface area contributed by atoms with Crippen LogP contribution in [0.1, 0.15) is 18.4 Å². The van der Waals surface area contributed by atoms with Crippen LogP contribution in [0.4, 0.5) is 0 Å². The molecule has 1 aromatic rings. The monoisotopic (exact) mass is 232 g/mol. The van der Waals surface area contributed by atoms with E-state index in [2.05, 4.69) is 54.6 Å². The summed E-state index contributed by atoms with van der Waals surface area (Å²) >= 11 is 0. The maximum Gasteiger partial charge on any atom is 0.0133 e. The smallest absolute Gasteiger partial charge is 0.0133 e. The Kier molecular flexibility index (Phi) is 4.57. The standard InChI is InChI=1S/C15H24N2/c1-16-12-14-8-9-15(14)17(2)11-10-13-6-4-3-5-7-13/h3-7,14-16H,8-12H2,1-2H3. The van der Waals surface area contributed by atoms with Gasteiger partial charge in [-0.1, -0.05) is 30.3 Å². The van der Waals surface area contributed by atoms with Crippen molar-refractivity contribution in [2.45, 2.75) is 25.3 Å². The first-order chi connectivity index (χ1) is 8.31. The van der Waals surface area contributed by atoms with Crippen molar-refractivity contribution in [3.8, 4) is 0 Å². The maximum absolute atomic E-state index is 3.30. The van der Waals surface area contributed by atoms with E-state index in [-0.39, 0.29) is 0 Å². The average Bonchev–Trinajstić information content (AvgIpc) is 2.33.